The van der Waals surface area contributed by atoms with Gasteiger partial charge in [-0.25, -0.2) is 0 Å². The summed E-state index contributed by atoms with van der Waals surface area (Å²) in [6, 6.07) is 4.71. The van der Waals surface area contributed by atoms with E-state index in [0.717, 1.165) is 12.1 Å². The molecule has 0 saturated carbocycles. The van der Waals surface area contributed by atoms with Gasteiger partial charge in [-0.1, -0.05) is 12.1 Å². The van der Waals surface area contributed by atoms with Crippen molar-refractivity contribution in [2.45, 2.75) is 19.1 Å². The van der Waals surface area contributed by atoms with Crippen LogP contribution in [0.15, 0.2) is 24.3 Å². The van der Waals surface area contributed by atoms with Crippen molar-refractivity contribution in [3.63, 3.8) is 0 Å². The lowest BCUT2D eigenvalue weighted by Gasteiger charge is -2.08. The van der Waals surface area contributed by atoms with E-state index in [9.17, 15) is 21.6 Å². The second-order valence-electron chi connectivity index (χ2n) is 4.01. The van der Waals surface area contributed by atoms with Gasteiger partial charge in [0.15, 0.2) is 0 Å². The van der Waals surface area contributed by atoms with Crippen molar-refractivity contribution in [3.05, 3.63) is 35.4 Å². The fraction of sp³-hybridized carbons (Fsp3) is 0.455. The second kappa shape index (κ2) is 6.36. The Morgan fingerprint density at radius 3 is 2.21 bits per heavy atom. The maximum atomic E-state index is 12.3. The molecule has 0 aliphatic rings. The van der Waals surface area contributed by atoms with Crippen LogP contribution < -0.4 is 5.32 Å². The number of nitrogens with one attached hydrogen (secondary N) is 1. The van der Waals surface area contributed by atoms with Gasteiger partial charge < -0.3 is 5.32 Å². The molecule has 0 unspecified atom stereocenters. The molecule has 0 heterocycles. The van der Waals surface area contributed by atoms with Crippen LogP contribution in [0.1, 0.15) is 17.5 Å². The Bertz CT molecular complexity index is 497. The molecule has 2 N–H and O–H groups in total. The first-order valence-electron chi connectivity index (χ1n) is 5.50. The summed E-state index contributed by atoms with van der Waals surface area (Å²) in [5, 5.41) is 2.88. The molecule has 0 bridgehead atoms. The van der Waals surface area contributed by atoms with E-state index in [0.29, 0.717) is 18.7 Å². The van der Waals surface area contributed by atoms with Crippen LogP contribution in [-0.4, -0.2) is 25.3 Å². The lowest BCUT2D eigenvalue weighted by molar-refractivity contribution is -0.137. The average Bonchev–Trinajstić information content (AvgIpc) is 2.26. The predicted molar refractivity (Wildman–Crippen MR) is 64.2 cm³/mol. The molecule has 0 saturated heterocycles. The average molecular weight is 297 g/mol. The molecule has 1 aromatic rings. The van der Waals surface area contributed by atoms with Crippen molar-refractivity contribution in [2.24, 2.45) is 0 Å². The third-order valence-corrected chi connectivity index (χ3v) is 3.17. The minimum absolute atomic E-state index is 0.236. The molecule has 4 nitrogen and oxygen atoms in total. The maximum absolute atomic E-state index is 12.3. The summed E-state index contributed by atoms with van der Waals surface area (Å²) >= 11 is 0. The molecule has 0 atom stereocenters. The minimum Gasteiger partial charge on any atom is -0.313 e. The molecule has 1 rings (SSSR count). The van der Waals surface area contributed by atoms with Crippen molar-refractivity contribution in [1.29, 1.82) is 0 Å². The molecule has 0 aliphatic carbocycles. The molecule has 108 valence electrons. The lowest BCUT2D eigenvalue weighted by atomic mass is 10.1. The van der Waals surface area contributed by atoms with Crippen molar-refractivity contribution >= 4 is 10.1 Å². The molecule has 19 heavy (non-hydrogen) atoms. The topological polar surface area (TPSA) is 66.4 Å². The van der Waals surface area contributed by atoms with Crippen LogP contribution in [0.5, 0.6) is 0 Å². The van der Waals surface area contributed by atoms with Crippen LogP contribution in [0, 0.1) is 0 Å². The fourth-order valence-corrected chi connectivity index (χ4v) is 1.93. The van der Waals surface area contributed by atoms with Crippen LogP contribution in [-0.2, 0) is 22.8 Å². The Labute approximate surface area is 109 Å². The summed E-state index contributed by atoms with van der Waals surface area (Å²) in [7, 11) is -3.96. The van der Waals surface area contributed by atoms with E-state index in [1.165, 1.54) is 12.1 Å². The van der Waals surface area contributed by atoms with Gasteiger partial charge in [-0.2, -0.15) is 21.6 Å². The van der Waals surface area contributed by atoms with E-state index in [-0.39, 0.29) is 12.2 Å². The number of alkyl halides is 3. The minimum atomic E-state index is -4.35. The summed E-state index contributed by atoms with van der Waals surface area (Å²) in [5.74, 6) is -0.340. The van der Waals surface area contributed by atoms with Gasteiger partial charge in [0.25, 0.3) is 10.1 Å². The number of hydrogen-bond acceptors (Lipinski definition) is 3. The lowest BCUT2D eigenvalue weighted by Crippen LogP contribution is -2.18. The van der Waals surface area contributed by atoms with Crippen molar-refractivity contribution in [3.8, 4) is 0 Å². The first-order chi connectivity index (χ1) is 8.68. The van der Waals surface area contributed by atoms with E-state index in [1.807, 2.05) is 0 Å². The third-order valence-electron chi connectivity index (χ3n) is 2.37. The van der Waals surface area contributed by atoms with Gasteiger partial charge in [0, 0.05) is 6.54 Å². The quantitative estimate of drug-likeness (QED) is 0.623. The summed E-state index contributed by atoms with van der Waals surface area (Å²) in [6.07, 6.45) is -4.11. The highest BCUT2D eigenvalue weighted by molar-refractivity contribution is 7.85. The van der Waals surface area contributed by atoms with Crippen LogP contribution in [0.25, 0.3) is 0 Å². The monoisotopic (exact) mass is 297 g/mol. The van der Waals surface area contributed by atoms with Crippen LogP contribution >= 0.6 is 0 Å². The molecule has 0 aliphatic heterocycles. The molecule has 8 heteroatoms. The van der Waals surface area contributed by atoms with Gasteiger partial charge in [-0.15, -0.1) is 0 Å². The third kappa shape index (κ3) is 6.55. The zero-order chi connectivity index (χ0) is 14.5. The van der Waals surface area contributed by atoms with E-state index in [1.54, 1.807) is 0 Å². The fourth-order valence-electron chi connectivity index (χ4n) is 1.42. The number of hydrogen-bond donors (Lipinski definition) is 2. The van der Waals surface area contributed by atoms with Gasteiger partial charge in [0.05, 0.1) is 11.3 Å². The summed E-state index contributed by atoms with van der Waals surface area (Å²) in [4.78, 5) is 0. The molecule has 0 aromatic heterocycles. The largest absolute Gasteiger partial charge is 0.416 e. The van der Waals surface area contributed by atoms with Gasteiger partial charge in [0.2, 0.25) is 0 Å². The molecule has 0 spiro atoms. The molecular weight excluding hydrogens is 283 g/mol. The van der Waals surface area contributed by atoms with Crippen molar-refractivity contribution in [2.75, 3.05) is 12.3 Å². The van der Waals surface area contributed by atoms with Crippen molar-refractivity contribution in [1.82, 2.24) is 5.32 Å². The maximum Gasteiger partial charge on any atom is 0.416 e. The summed E-state index contributed by atoms with van der Waals surface area (Å²) < 4.78 is 66.2. The smallest absolute Gasteiger partial charge is 0.313 e. The second-order valence-corrected chi connectivity index (χ2v) is 5.58. The zero-order valence-corrected chi connectivity index (χ0v) is 10.8. The Balaban J connectivity index is 2.35. The predicted octanol–water partition coefficient (Wildman–Crippen LogP) is 2.07. The number of rotatable bonds is 6. The zero-order valence-electron chi connectivity index (χ0n) is 9.94. The van der Waals surface area contributed by atoms with Crippen LogP contribution in [0.3, 0.4) is 0 Å². The first-order valence-corrected chi connectivity index (χ1v) is 7.11. The molecule has 0 radical (unpaired) electrons. The van der Waals surface area contributed by atoms with Gasteiger partial charge in [-0.05, 0) is 30.7 Å². The number of benzene rings is 1. The summed E-state index contributed by atoms with van der Waals surface area (Å²) in [6.45, 7) is 0.685. The van der Waals surface area contributed by atoms with Crippen LogP contribution in [0.2, 0.25) is 0 Å². The van der Waals surface area contributed by atoms with E-state index < -0.39 is 21.9 Å². The van der Waals surface area contributed by atoms with E-state index in [4.69, 9.17) is 4.55 Å². The highest BCUT2D eigenvalue weighted by Crippen LogP contribution is 2.28. The molecular formula is C11H14F3NO3S. The Hall–Kier alpha value is -1.12. The van der Waals surface area contributed by atoms with Gasteiger partial charge >= 0.3 is 6.18 Å². The highest BCUT2D eigenvalue weighted by Gasteiger charge is 2.29. The van der Waals surface area contributed by atoms with E-state index in [2.05, 4.69) is 5.32 Å². The Kier molecular flexibility index (Phi) is 5.33. The SMILES string of the molecule is O=S(=O)(O)CCCNCc1ccc(C(F)(F)F)cc1. The van der Waals surface area contributed by atoms with Gasteiger partial charge in [0.1, 0.15) is 0 Å². The Morgan fingerprint density at radius 2 is 1.74 bits per heavy atom. The van der Waals surface area contributed by atoms with Crippen molar-refractivity contribution < 1.29 is 26.1 Å². The van der Waals surface area contributed by atoms with Gasteiger partial charge in [-0.3, -0.25) is 4.55 Å². The standard InChI is InChI=1S/C11H14F3NO3S/c12-11(13,14)10-4-2-9(3-5-10)8-15-6-1-7-19(16,17)18/h2-5,15H,1,6-8H2,(H,16,17,18). The molecule has 0 fully saturated rings. The summed E-state index contributed by atoms with van der Waals surface area (Å²) in [5.41, 5.74) is -0.0394. The highest BCUT2D eigenvalue weighted by atomic mass is 32.2. The number of halogens is 3. The van der Waals surface area contributed by atoms with E-state index >= 15 is 0 Å². The molecule has 0 amide bonds. The normalized spacial score (nSPS) is 12.6. The Morgan fingerprint density at radius 1 is 1.16 bits per heavy atom. The van der Waals surface area contributed by atoms with Crippen LogP contribution in [0.4, 0.5) is 13.2 Å². The first kappa shape index (κ1) is 15.9. The molecule has 1 aromatic carbocycles.